The average molecular weight is 302 g/mol. The van der Waals surface area contributed by atoms with Crippen LogP contribution in [0.5, 0.6) is 0 Å². The summed E-state index contributed by atoms with van der Waals surface area (Å²) >= 11 is 0. The molecule has 22 heavy (non-hydrogen) atoms. The number of hydrogen-bond acceptors (Lipinski definition) is 6. The molecule has 7 heteroatoms. The van der Waals surface area contributed by atoms with E-state index < -0.39 is 5.79 Å². The summed E-state index contributed by atoms with van der Waals surface area (Å²) in [6.07, 6.45) is 4.96. The number of nitrogens with two attached hydrogens (primary N) is 1. The van der Waals surface area contributed by atoms with Gasteiger partial charge >= 0.3 is 0 Å². The largest absolute Gasteiger partial charge is 0.392 e. The molecule has 2 aromatic rings. The Morgan fingerprint density at radius 3 is 2.95 bits per heavy atom. The SMILES string of the molecule is CC1(C)O[C@@H]2[C@H](O1)C(CO)=C[C@H]2n1cnc2c(N)nccc21. The number of hydrogen-bond donors (Lipinski definition) is 2. The number of aromatic nitrogens is 3. The molecule has 3 N–H and O–H groups in total. The second kappa shape index (κ2) is 4.52. The maximum absolute atomic E-state index is 9.60. The molecule has 0 aromatic carbocycles. The van der Waals surface area contributed by atoms with Crippen LogP contribution in [0, 0.1) is 0 Å². The third-order valence-electron chi connectivity index (χ3n) is 4.24. The molecule has 4 rings (SSSR count). The second-order valence-electron chi connectivity index (χ2n) is 6.13. The number of imidazole rings is 1. The van der Waals surface area contributed by atoms with Crippen LogP contribution in [0.15, 0.2) is 30.2 Å². The van der Waals surface area contributed by atoms with Crippen molar-refractivity contribution >= 4 is 16.9 Å². The zero-order chi connectivity index (χ0) is 15.5. The van der Waals surface area contributed by atoms with Gasteiger partial charge in [-0.05, 0) is 25.5 Å². The van der Waals surface area contributed by atoms with Gasteiger partial charge in [0.15, 0.2) is 11.6 Å². The van der Waals surface area contributed by atoms with Gasteiger partial charge in [-0.1, -0.05) is 6.08 Å². The highest BCUT2D eigenvalue weighted by Crippen LogP contribution is 2.43. The number of anilines is 1. The van der Waals surface area contributed by atoms with Crippen molar-refractivity contribution in [2.45, 2.75) is 37.9 Å². The number of nitrogen functional groups attached to an aromatic ring is 1. The number of aliphatic hydroxyl groups is 1. The molecule has 2 aliphatic rings. The molecule has 1 saturated heterocycles. The quantitative estimate of drug-likeness (QED) is 0.804. The molecule has 0 amide bonds. The molecule has 0 saturated carbocycles. The maximum Gasteiger partial charge on any atom is 0.164 e. The van der Waals surface area contributed by atoms with Crippen molar-refractivity contribution in [1.82, 2.24) is 14.5 Å². The lowest BCUT2D eigenvalue weighted by Gasteiger charge is -2.22. The topological polar surface area (TPSA) is 95.4 Å². The second-order valence-corrected chi connectivity index (χ2v) is 6.13. The number of nitrogens with zero attached hydrogens (tertiary/aromatic N) is 3. The third-order valence-corrected chi connectivity index (χ3v) is 4.24. The van der Waals surface area contributed by atoms with E-state index in [0.717, 1.165) is 11.1 Å². The number of pyridine rings is 1. The van der Waals surface area contributed by atoms with Gasteiger partial charge in [-0.3, -0.25) is 0 Å². The van der Waals surface area contributed by atoms with Gasteiger partial charge in [0.1, 0.15) is 17.7 Å². The molecule has 0 spiro atoms. The van der Waals surface area contributed by atoms with Crippen LogP contribution in [0.4, 0.5) is 5.82 Å². The Bertz CT molecular complexity index is 767. The van der Waals surface area contributed by atoms with Gasteiger partial charge in [0.05, 0.1) is 24.5 Å². The van der Waals surface area contributed by atoms with Crippen LogP contribution < -0.4 is 5.73 Å². The Balaban J connectivity index is 1.81. The van der Waals surface area contributed by atoms with Crippen molar-refractivity contribution in [1.29, 1.82) is 0 Å². The Morgan fingerprint density at radius 1 is 1.36 bits per heavy atom. The molecule has 0 radical (unpaired) electrons. The first kappa shape index (κ1) is 13.7. The standard InChI is InChI=1S/C15H18N4O3/c1-15(2)21-12-8(6-20)5-10(13(12)22-15)19-7-18-11-9(19)3-4-17-14(11)16/h3-5,7,10,12-13,20H,6H2,1-2H3,(H2,16,17)/t10-,12-,13+/m1/s1. The predicted octanol–water partition coefficient (Wildman–Crippen LogP) is 1.01. The lowest BCUT2D eigenvalue weighted by Crippen LogP contribution is -2.28. The van der Waals surface area contributed by atoms with Crippen molar-refractivity contribution in [2.24, 2.45) is 0 Å². The van der Waals surface area contributed by atoms with E-state index in [-0.39, 0.29) is 24.9 Å². The predicted molar refractivity (Wildman–Crippen MR) is 80.0 cm³/mol. The van der Waals surface area contributed by atoms with Crippen LogP contribution in [0.25, 0.3) is 11.0 Å². The van der Waals surface area contributed by atoms with E-state index in [1.54, 1.807) is 12.5 Å². The Morgan fingerprint density at radius 2 is 2.18 bits per heavy atom. The minimum atomic E-state index is -0.667. The smallest absolute Gasteiger partial charge is 0.164 e. The van der Waals surface area contributed by atoms with Crippen molar-refractivity contribution in [2.75, 3.05) is 12.3 Å². The van der Waals surface area contributed by atoms with Gasteiger partial charge < -0.3 is 24.9 Å². The van der Waals surface area contributed by atoms with Crippen molar-refractivity contribution in [3.63, 3.8) is 0 Å². The lowest BCUT2D eigenvalue weighted by molar-refractivity contribution is -0.148. The molecule has 3 atom stereocenters. The van der Waals surface area contributed by atoms with Gasteiger partial charge in [-0.25, -0.2) is 9.97 Å². The van der Waals surface area contributed by atoms with Crippen LogP contribution >= 0.6 is 0 Å². The minimum Gasteiger partial charge on any atom is -0.392 e. The van der Waals surface area contributed by atoms with E-state index in [1.807, 2.05) is 30.6 Å². The van der Waals surface area contributed by atoms with E-state index in [9.17, 15) is 5.11 Å². The summed E-state index contributed by atoms with van der Waals surface area (Å²) in [6, 6.07) is 1.78. The number of fused-ring (bicyclic) bond motifs is 2. The Labute approximate surface area is 127 Å². The molecule has 1 aliphatic carbocycles. The summed E-state index contributed by atoms with van der Waals surface area (Å²) in [7, 11) is 0. The summed E-state index contributed by atoms with van der Waals surface area (Å²) in [4.78, 5) is 8.41. The minimum absolute atomic E-state index is 0.0482. The summed E-state index contributed by atoms with van der Waals surface area (Å²) in [5.74, 6) is -0.264. The first-order valence-electron chi connectivity index (χ1n) is 7.24. The van der Waals surface area contributed by atoms with Gasteiger partial charge in [0.25, 0.3) is 0 Å². The van der Waals surface area contributed by atoms with E-state index in [1.165, 1.54) is 0 Å². The van der Waals surface area contributed by atoms with Crippen molar-refractivity contribution in [3.05, 3.63) is 30.2 Å². The van der Waals surface area contributed by atoms with E-state index in [0.29, 0.717) is 11.3 Å². The first-order chi connectivity index (χ1) is 10.5. The van der Waals surface area contributed by atoms with Crippen LogP contribution in [-0.2, 0) is 9.47 Å². The molecule has 3 heterocycles. The Kier molecular flexibility index (Phi) is 2.81. The summed E-state index contributed by atoms with van der Waals surface area (Å²) < 4.78 is 14.0. The fourth-order valence-electron chi connectivity index (χ4n) is 3.34. The van der Waals surface area contributed by atoms with Crippen molar-refractivity contribution < 1.29 is 14.6 Å². The third kappa shape index (κ3) is 1.86. The number of rotatable bonds is 2. The summed E-state index contributed by atoms with van der Waals surface area (Å²) in [6.45, 7) is 3.71. The normalized spacial score (nSPS) is 29.8. The molecule has 7 nitrogen and oxygen atoms in total. The maximum atomic E-state index is 9.60. The van der Waals surface area contributed by atoms with E-state index in [4.69, 9.17) is 15.2 Å². The van der Waals surface area contributed by atoms with Gasteiger partial charge in [-0.2, -0.15) is 0 Å². The highest BCUT2D eigenvalue weighted by molar-refractivity contribution is 5.84. The van der Waals surface area contributed by atoms with E-state index >= 15 is 0 Å². The van der Waals surface area contributed by atoms with Crippen LogP contribution in [-0.4, -0.2) is 44.2 Å². The zero-order valence-electron chi connectivity index (χ0n) is 12.4. The highest BCUT2D eigenvalue weighted by Gasteiger charge is 2.50. The van der Waals surface area contributed by atoms with E-state index in [2.05, 4.69) is 9.97 Å². The molecule has 0 bridgehead atoms. The number of aliphatic hydroxyl groups excluding tert-OH is 1. The molecule has 1 fully saturated rings. The highest BCUT2D eigenvalue weighted by atomic mass is 16.8. The zero-order valence-corrected chi connectivity index (χ0v) is 12.4. The van der Waals surface area contributed by atoms with Crippen molar-refractivity contribution in [3.8, 4) is 0 Å². The van der Waals surface area contributed by atoms with Crippen LogP contribution in [0.1, 0.15) is 19.9 Å². The average Bonchev–Trinajstić information content (AvgIpc) is 3.10. The lowest BCUT2D eigenvalue weighted by atomic mass is 10.1. The fraction of sp³-hybridized carbons (Fsp3) is 0.467. The molecule has 1 aliphatic heterocycles. The summed E-state index contributed by atoms with van der Waals surface area (Å²) in [5, 5.41) is 9.60. The first-order valence-corrected chi connectivity index (χ1v) is 7.24. The molecule has 0 unspecified atom stereocenters. The van der Waals surface area contributed by atoms with Gasteiger partial charge in [-0.15, -0.1) is 0 Å². The van der Waals surface area contributed by atoms with Gasteiger partial charge in [0, 0.05) is 6.20 Å². The fourth-order valence-corrected chi connectivity index (χ4v) is 3.34. The molecular weight excluding hydrogens is 284 g/mol. The van der Waals surface area contributed by atoms with Crippen LogP contribution in [0.3, 0.4) is 0 Å². The van der Waals surface area contributed by atoms with Crippen LogP contribution in [0.2, 0.25) is 0 Å². The molecule has 2 aromatic heterocycles. The monoisotopic (exact) mass is 302 g/mol. The summed E-state index contributed by atoms with van der Waals surface area (Å²) in [5.41, 5.74) is 8.27. The van der Waals surface area contributed by atoms with Gasteiger partial charge in [0.2, 0.25) is 0 Å². The Hall–Kier alpha value is -1.96. The molecule has 116 valence electrons. The molecular formula is C15H18N4O3. The number of ether oxygens (including phenoxy) is 2.